The quantitative estimate of drug-likeness (QED) is 0.494. The first kappa shape index (κ1) is 23.4. The SMILES string of the molecule is Cc1cc(-c2nnc(-c3cc(F)c(OCC(N)C(C)O)cc3Cl)s2)ccc1OC(C)C. The summed E-state index contributed by atoms with van der Waals surface area (Å²) in [6.45, 7) is 7.43. The Kier molecular flexibility index (Phi) is 7.48. The lowest BCUT2D eigenvalue weighted by Crippen LogP contribution is -2.38. The van der Waals surface area contributed by atoms with Crippen LogP contribution >= 0.6 is 22.9 Å². The van der Waals surface area contributed by atoms with Crippen molar-refractivity contribution >= 4 is 22.9 Å². The lowest BCUT2D eigenvalue weighted by Gasteiger charge is -2.16. The molecule has 2 atom stereocenters. The molecule has 2 unspecified atom stereocenters. The number of nitrogens with zero attached hydrogens (tertiary/aromatic N) is 2. The standard InChI is InChI=1S/C22H25ClFN3O3S/c1-11(2)30-19-6-5-14(7-12(19)3)21-26-27-22(31-21)15-8-17(24)20(9-16(15)23)29-10-18(25)13(4)28/h5-9,11,13,18,28H,10,25H2,1-4H3. The number of halogens is 2. The molecule has 1 aromatic heterocycles. The average molecular weight is 466 g/mol. The Labute approximate surface area is 189 Å². The first-order valence-corrected chi connectivity index (χ1v) is 11.0. The maximum Gasteiger partial charge on any atom is 0.165 e. The molecule has 0 aliphatic rings. The zero-order chi connectivity index (χ0) is 22.7. The first-order valence-electron chi connectivity index (χ1n) is 9.82. The Bertz CT molecular complexity index is 1060. The molecule has 2 aromatic carbocycles. The van der Waals surface area contributed by atoms with Crippen molar-refractivity contribution in [2.45, 2.75) is 45.9 Å². The summed E-state index contributed by atoms with van der Waals surface area (Å²) in [6.07, 6.45) is -0.684. The lowest BCUT2D eigenvalue weighted by atomic mass is 10.1. The van der Waals surface area contributed by atoms with Gasteiger partial charge in [-0.3, -0.25) is 0 Å². The van der Waals surface area contributed by atoms with Crippen molar-refractivity contribution in [3.8, 4) is 32.6 Å². The summed E-state index contributed by atoms with van der Waals surface area (Å²) in [5.41, 5.74) is 8.02. The van der Waals surface area contributed by atoms with Crippen molar-refractivity contribution in [2.75, 3.05) is 6.61 Å². The average Bonchev–Trinajstić information content (AvgIpc) is 3.19. The van der Waals surface area contributed by atoms with Gasteiger partial charge in [-0.25, -0.2) is 4.39 Å². The monoisotopic (exact) mass is 465 g/mol. The maximum absolute atomic E-state index is 14.6. The number of aromatic nitrogens is 2. The van der Waals surface area contributed by atoms with E-state index in [1.807, 2.05) is 39.0 Å². The van der Waals surface area contributed by atoms with Crippen LogP contribution in [0.2, 0.25) is 5.02 Å². The summed E-state index contributed by atoms with van der Waals surface area (Å²) in [6, 6.07) is 7.81. The minimum absolute atomic E-state index is 0.0362. The van der Waals surface area contributed by atoms with Crippen LogP contribution in [-0.4, -0.2) is 40.2 Å². The molecule has 6 nitrogen and oxygen atoms in total. The molecule has 31 heavy (non-hydrogen) atoms. The van der Waals surface area contributed by atoms with Crippen LogP contribution in [0.4, 0.5) is 4.39 Å². The fraction of sp³-hybridized carbons (Fsp3) is 0.364. The van der Waals surface area contributed by atoms with E-state index in [2.05, 4.69) is 10.2 Å². The summed E-state index contributed by atoms with van der Waals surface area (Å²) in [4.78, 5) is 0. The third-order valence-electron chi connectivity index (χ3n) is 4.51. The molecule has 0 saturated heterocycles. The fourth-order valence-corrected chi connectivity index (χ4v) is 3.91. The molecule has 0 aliphatic carbocycles. The normalized spacial score (nSPS) is 13.3. The van der Waals surface area contributed by atoms with Gasteiger partial charge in [-0.1, -0.05) is 22.9 Å². The zero-order valence-electron chi connectivity index (χ0n) is 17.7. The van der Waals surface area contributed by atoms with E-state index in [-0.39, 0.29) is 23.5 Å². The minimum atomic E-state index is -0.771. The van der Waals surface area contributed by atoms with Gasteiger partial charge in [0.05, 0.1) is 23.3 Å². The van der Waals surface area contributed by atoms with Crippen LogP contribution in [0, 0.1) is 12.7 Å². The van der Waals surface area contributed by atoms with Gasteiger partial charge < -0.3 is 20.3 Å². The van der Waals surface area contributed by atoms with Gasteiger partial charge in [0, 0.05) is 17.2 Å². The highest BCUT2D eigenvalue weighted by atomic mass is 35.5. The number of aliphatic hydroxyl groups excluding tert-OH is 1. The largest absolute Gasteiger partial charge is 0.491 e. The molecular weight excluding hydrogens is 441 g/mol. The molecular formula is C22H25ClFN3O3S. The number of aliphatic hydroxyl groups is 1. The smallest absolute Gasteiger partial charge is 0.165 e. The van der Waals surface area contributed by atoms with Crippen molar-refractivity contribution in [2.24, 2.45) is 5.73 Å². The molecule has 9 heteroatoms. The lowest BCUT2D eigenvalue weighted by molar-refractivity contribution is 0.129. The fourth-order valence-electron chi connectivity index (χ4n) is 2.75. The summed E-state index contributed by atoms with van der Waals surface area (Å²) < 4.78 is 25.7. The first-order chi connectivity index (χ1) is 14.7. The van der Waals surface area contributed by atoms with Crippen LogP contribution in [0.1, 0.15) is 26.3 Å². The molecule has 0 fully saturated rings. The van der Waals surface area contributed by atoms with Crippen molar-refractivity contribution in [1.29, 1.82) is 0 Å². The van der Waals surface area contributed by atoms with Crippen molar-refractivity contribution in [1.82, 2.24) is 10.2 Å². The van der Waals surface area contributed by atoms with Crippen LogP contribution < -0.4 is 15.2 Å². The Balaban J connectivity index is 1.82. The van der Waals surface area contributed by atoms with E-state index in [1.165, 1.54) is 23.5 Å². The van der Waals surface area contributed by atoms with Gasteiger partial charge in [-0.15, -0.1) is 10.2 Å². The molecule has 3 rings (SSSR count). The van der Waals surface area contributed by atoms with E-state index in [1.54, 1.807) is 6.92 Å². The van der Waals surface area contributed by atoms with E-state index in [9.17, 15) is 9.50 Å². The van der Waals surface area contributed by atoms with Crippen molar-refractivity contribution in [3.05, 3.63) is 46.7 Å². The number of rotatable bonds is 8. The predicted molar refractivity (Wildman–Crippen MR) is 121 cm³/mol. The van der Waals surface area contributed by atoms with E-state index >= 15 is 0 Å². The minimum Gasteiger partial charge on any atom is -0.491 e. The molecule has 0 spiro atoms. The summed E-state index contributed by atoms with van der Waals surface area (Å²) in [5.74, 6) is 0.186. The third kappa shape index (κ3) is 5.71. The second kappa shape index (κ2) is 9.91. The Morgan fingerprint density at radius 1 is 1.13 bits per heavy atom. The van der Waals surface area contributed by atoms with Gasteiger partial charge in [0.15, 0.2) is 11.6 Å². The highest BCUT2D eigenvalue weighted by Gasteiger charge is 2.18. The molecule has 3 N–H and O–H groups in total. The molecule has 0 bridgehead atoms. The van der Waals surface area contributed by atoms with Crippen LogP contribution in [0.5, 0.6) is 11.5 Å². The van der Waals surface area contributed by atoms with Crippen LogP contribution in [0.3, 0.4) is 0 Å². The van der Waals surface area contributed by atoms with Gasteiger partial charge in [0.1, 0.15) is 22.4 Å². The number of hydrogen-bond acceptors (Lipinski definition) is 7. The number of nitrogens with two attached hydrogens (primary N) is 1. The molecule has 166 valence electrons. The molecule has 0 amide bonds. The highest BCUT2D eigenvalue weighted by molar-refractivity contribution is 7.18. The van der Waals surface area contributed by atoms with E-state index < -0.39 is 18.0 Å². The highest BCUT2D eigenvalue weighted by Crippen LogP contribution is 2.37. The van der Waals surface area contributed by atoms with Gasteiger partial charge in [0.2, 0.25) is 0 Å². The number of hydrogen-bond donors (Lipinski definition) is 2. The van der Waals surface area contributed by atoms with Crippen molar-refractivity contribution in [3.63, 3.8) is 0 Å². The Morgan fingerprint density at radius 3 is 2.48 bits per heavy atom. The second-order valence-corrected chi connectivity index (χ2v) is 8.92. The van der Waals surface area contributed by atoms with Crippen LogP contribution in [-0.2, 0) is 0 Å². The van der Waals surface area contributed by atoms with E-state index in [0.29, 0.717) is 15.6 Å². The van der Waals surface area contributed by atoms with Gasteiger partial charge >= 0.3 is 0 Å². The Hall–Kier alpha value is -2.26. The van der Waals surface area contributed by atoms with Gasteiger partial charge in [-0.2, -0.15) is 0 Å². The number of ether oxygens (including phenoxy) is 2. The van der Waals surface area contributed by atoms with Gasteiger partial charge in [0.25, 0.3) is 0 Å². The molecule has 1 heterocycles. The van der Waals surface area contributed by atoms with E-state index in [4.69, 9.17) is 26.8 Å². The van der Waals surface area contributed by atoms with Crippen molar-refractivity contribution < 1.29 is 19.0 Å². The second-order valence-electron chi connectivity index (χ2n) is 7.54. The zero-order valence-corrected chi connectivity index (χ0v) is 19.3. The topological polar surface area (TPSA) is 90.5 Å². The summed E-state index contributed by atoms with van der Waals surface area (Å²) >= 11 is 7.67. The molecule has 0 saturated carbocycles. The molecule has 0 aliphatic heterocycles. The maximum atomic E-state index is 14.6. The Morgan fingerprint density at radius 2 is 1.84 bits per heavy atom. The van der Waals surface area contributed by atoms with Gasteiger partial charge in [-0.05, 0) is 57.5 Å². The van der Waals surface area contributed by atoms with Crippen LogP contribution in [0.15, 0.2) is 30.3 Å². The van der Waals surface area contributed by atoms with E-state index in [0.717, 1.165) is 16.9 Å². The third-order valence-corrected chi connectivity index (χ3v) is 5.83. The van der Waals surface area contributed by atoms with Crippen LogP contribution in [0.25, 0.3) is 21.1 Å². The number of benzene rings is 2. The molecule has 3 aromatic rings. The summed E-state index contributed by atoms with van der Waals surface area (Å²) in [7, 11) is 0. The number of aryl methyl sites for hydroxylation is 1. The molecule has 0 radical (unpaired) electrons. The predicted octanol–water partition coefficient (Wildman–Crippen LogP) is 4.85. The summed E-state index contributed by atoms with van der Waals surface area (Å²) in [5, 5.41) is 19.3.